The van der Waals surface area contributed by atoms with Crippen molar-refractivity contribution in [2.75, 3.05) is 26.9 Å². The standard InChI is InChI=1S/C18H28N2O3/c1-13(2)10-19-17(21)20-16(11-23-12-18(20,3)4)14-6-8-15(22-5)9-7-14/h6-9,13,16H,10-12H2,1-5H3,(H,19,21). The molecule has 23 heavy (non-hydrogen) atoms. The van der Waals surface area contributed by atoms with Crippen LogP contribution in [0.4, 0.5) is 4.79 Å². The van der Waals surface area contributed by atoms with Gasteiger partial charge in [0.2, 0.25) is 0 Å². The molecule has 1 aromatic carbocycles. The summed E-state index contributed by atoms with van der Waals surface area (Å²) in [6.45, 7) is 9.97. The number of rotatable bonds is 4. The Bertz CT molecular complexity index is 526. The number of carbonyl (C=O) groups excluding carboxylic acids is 1. The molecule has 1 aromatic rings. The molecular weight excluding hydrogens is 292 g/mol. The van der Waals surface area contributed by atoms with Crippen LogP contribution in [0.1, 0.15) is 39.3 Å². The Balaban J connectivity index is 2.24. The molecule has 128 valence electrons. The SMILES string of the molecule is COc1ccc(C2COCC(C)(C)N2C(=O)NCC(C)C)cc1. The summed E-state index contributed by atoms with van der Waals surface area (Å²) in [6, 6.07) is 7.70. The van der Waals surface area contributed by atoms with Gasteiger partial charge in [0.1, 0.15) is 5.75 Å². The van der Waals surface area contributed by atoms with Crippen molar-refractivity contribution >= 4 is 6.03 Å². The van der Waals surface area contributed by atoms with Crippen molar-refractivity contribution in [3.63, 3.8) is 0 Å². The number of carbonyl (C=O) groups is 1. The zero-order chi connectivity index (χ0) is 17.0. The molecule has 0 radical (unpaired) electrons. The predicted molar refractivity (Wildman–Crippen MR) is 90.7 cm³/mol. The van der Waals surface area contributed by atoms with Gasteiger partial charge in [-0.1, -0.05) is 26.0 Å². The Labute approximate surface area is 139 Å². The summed E-state index contributed by atoms with van der Waals surface area (Å²) in [6.07, 6.45) is 0. The van der Waals surface area contributed by atoms with Crippen LogP contribution in [0, 0.1) is 5.92 Å². The van der Waals surface area contributed by atoms with E-state index in [2.05, 4.69) is 19.2 Å². The van der Waals surface area contributed by atoms with Crippen molar-refractivity contribution < 1.29 is 14.3 Å². The van der Waals surface area contributed by atoms with E-state index in [-0.39, 0.29) is 17.6 Å². The third-order valence-corrected chi connectivity index (χ3v) is 4.08. The van der Waals surface area contributed by atoms with Crippen LogP contribution in [0.3, 0.4) is 0 Å². The molecule has 0 saturated carbocycles. The molecular formula is C18H28N2O3. The maximum atomic E-state index is 12.8. The summed E-state index contributed by atoms with van der Waals surface area (Å²) in [4.78, 5) is 14.7. The van der Waals surface area contributed by atoms with Crippen molar-refractivity contribution in [3.8, 4) is 5.75 Å². The van der Waals surface area contributed by atoms with Gasteiger partial charge in [0, 0.05) is 6.54 Å². The van der Waals surface area contributed by atoms with Crippen molar-refractivity contribution in [2.45, 2.75) is 39.3 Å². The summed E-state index contributed by atoms with van der Waals surface area (Å²) < 4.78 is 11.0. The second kappa shape index (κ2) is 7.21. The number of amides is 2. The van der Waals surface area contributed by atoms with Crippen LogP contribution >= 0.6 is 0 Å². The lowest BCUT2D eigenvalue weighted by Gasteiger charge is -2.47. The van der Waals surface area contributed by atoms with Gasteiger partial charge in [-0.15, -0.1) is 0 Å². The Morgan fingerprint density at radius 2 is 2.04 bits per heavy atom. The third kappa shape index (κ3) is 4.16. The number of benzene rings is 1. The van der Waals surface area contributed by atoms with Gasteiger partial charge >= 0.3 is 6.03 Å². The number of methoxy groups -OCH3 is 1. The molecule has 0 aliphatic carbocycles. The number of hydrogen-bond acceptors (Lipinski definition) is 3. The molecule has 0 bridgehead atoms. The van der Waals surface area contributed by atoms with E-state index in [1.807, 2.05) is 43.0 Å². The van der Waals surface area contributed by atoms with E-state index in [1.54, 1.807) is 7.11 Å². The highest BCUT2D eigenvalue weighted by molar-refractivity contribution is 5.76. The first kappa shape index (κ1) is 17.6. The fourth-order valence-corrected chi connectivity index (χ4v) is 2.85. The number of ether oxygens (including phenoxy) is 2. The summed E-state index contributed by atoms with van der Waals surface area (Å²) in [5, 5.41) is 3.04. The molecule has 0 aromatic heterocycles. The smallest absolute Gasteiger partial charge is 0.318 e. The van der Waals surface area contributed by atoms with Crippen molar-refractivity contribution in [2.24, 2.45) is 5.92 Å². The monoisotopic (exact) mass is 320 g/mol. The van der Waals surface area contributed by atoms with E-state index in [4.69, 9.17) is 9.47 Å². The van der Waals surface area contributed by atoms with E-state index in [1.165, 1.54) is 0 Å². The molecule has 1 aliphatic rings. The highest BCUT2D eigenvalue weighted by Gasteiger charge is 2.41. The minimum absolute atomic E-state index is 0.0344. The second-order valence-electron chi connectivity index (χ2n) is 7.07. The number of hydrogen-bond donors (Lipinski definition) is 1. The van der Waals surface area contributed by atoms with Crippen LogP contribution in [0.15, 0.2) is 24.3 Å². The molecule has 0 spiro atoms. The number of urea groups is 1. The van der Waals surface area contributed by atoms with Gasteiger partial charge in [-0.2, -0.15) is 0 Å². The van der Waals surface area contributed by atoms with Gasteiger partial charge in [0.25, 0.3) is 0 Å². The lowest BCUT2D eigenvalue weighted by atomic mass is 9.95. The first-order chi connectivity index (χ1) is 10.8. The maximum Gasteiger partial charge on any atom is 0.318 e. The number of nitrogens with one attached hydrogen (secondary N) is 1. The molecule has 1 aliphatic heterocycles. The number of morpholine rings is 1. The summed E-state index contributed by atoms with van der Waals surface area (Å²) in [5.41, 5.74) is 0.697. The topological polar surface area (TPSA) is 50.8 Å². The first-order valence-electron chi connectivity index (χ1n) is 8.14. The normalized spacial score (nSPS) is 20.4. The number of nitrogens with zero attached hydrogens (tertiary/aromatic N) is 1. The van der Waals surface area contributed by atoms with Crippen LogP contribution in [0.2, 0.25) is 0 Å². The minimum atomic E-state index is -0.357. The molecule has 1 unspecified atom stereocenters. The van der Waals surface area contributed by atoms with Gasteiger partial charge in [-0.3, -0.25) is 0 Å². The van der Waals surface area contributed by atoms with E-state index >= 15 is 0 Å². The highest BCUT2D eigenvalue weighted by atomic mass is 16.5. The first-order valence-corrected chi connectivity index (χ1v) is 8.14. The highest BCUT2D eigenvalue weighted by Crippen LogP contribution is 2.34. The predicted octanol–water partition coefficient (Wildman–Crippen LogP) is 3.21. The Hall–Kier alpha value is -1.75. The lowest BCUT2D eigenvalue weighted by Crippen LogP contribution is -2.59. The Morgan fingerprint density at radius 1 is 1.39 bits per heavy atom. The van der Waals surface area contributed by atoms with Crippen LogP contribution in [0.5, 0.6) is 5.75 Å². The summed E-state index contributed by atoms with van der Waals surface area (Å²) in [5.74, 6) is 1.23. The molecule has 5 nitrogen and oxygen atoms in total. The van der Waals surface area contributed by atoms with Gasteiger partial charge < -0.3 is 19.7 Å². The van der Waals surface area contributed by atoms with Crippen LogP contribution in [-0.4, -0.2) is 43.3 Å². The Morgan fingerprint density at radius 3 is 2.61 bits per heavy atom. The lowest BCUT2D eigenvalue weighted by molar-refractivity contribution is -0.0657. The van der Waals surface area contributed by atoms with Gasteiger partial charge in [-0.05, 0) is 37.5 Å². The van der Waals surface area contributed by atoms with Gasteiger partial charge in [0.05, 0.1) is 31.9 Å². The van der Waals surface area contributed by atoms with Crippen LogP contribution in [0.25, 0.3) is 0 Å². The fourth-order valence-electron chi connectivity index (χ4n) is 2.85. The molecule has 1 saturated heterocycles. The van der Waals surface area contributed by atoms with E-state index in [9.17, 15) is 4.79 Å². The maximum absolute atomic E-state index is 12.8. The van der Waals surface area contributed by atoms with E-state index in [0.29, 0.717) is 25.7 Å². The molecule has 1 fully saturated rings. The van der Waals surface area contributed by atoms with Crippen LogP contribution in [-0.2, 0) is 4.74 Å². The molecule has 5 heteroatoms. The van der Waals surface area contributed by atoms with Gasteiger partial charge in [0.15, 0.2) is 0 Å². The Kier molecular flexibility index (Phi) is 5.52. The average molecular weight is 320 g/mol. The zero-order valence-electron chi connectivity index (χ0n) is 14.8. The fraction of sp³-hybridized carbons (Fsp3) is 0.611. The molecule has 1 heterocycles. The summed E-state index contributed by atoms with van der Waals surface area (Å²) in [7, 11) is 1.65. The molecule has 2 rings (SSSR count). The second-order valence-corrected chi connectivity index (χ2v) is 7.07. The summed E-state index contributed by atoms with van der Waals surface area (Å²) >= 11 is 0. The largest absolute Gasteiger partial charge is 0.497 e. The third-order valence-electron chi connectivity index (χ3n) is 4.08. The average Bonchev–Trinajstić information content (AvgIpc) is 2.51. The molecule has 1 atom stereocenters. The van der Waals surface area contributed by atoms with Crippen molar-refractivity contribution in [1.82, 2.24) is 10.2 Å². The quantitative estimate of drug-likeness (QED) is 0.927. The van der Waals surface area contributed by atoms with Crippen LogP contribution < -0.4 is 10.1 Å². The molecule has 2 amide bonds. The van der Waals surface area contributed by atoms with Gasteiger partial charge in [-0.25, -0.2) is 4.79 Å². The van der Waals surface area contributed by atoms with Crippen molar-refractivity contribution in [1.29, 1.82) is 0 Å². The van der Waals surface area contributed by atoms with E-state index < -0.39 is 0 Å². The minimum Gasteiger partial charge on any atom is -0.497 e. The zero-order valence-corrected chi connectivity index (χ0v) is 14.8. The van der Waals surface area contributed by atoms with Crippen molar-refractivity contribution in [3.05, 3.63) is 29.8 Å². The molecule has 1 N–H and O–H groups in total. The van der Waals surface area contributed by atoms with E-state index in [0.717, 1.165) is 11.3 Å².